The molecule has 0 saturated carbocycles. The van der Waals surface area contributed by atoms with Gasteiger partial charge in [-0.2, -0.15) is 13.2 Å². The molecule has 0 atom stereocenters. The van der Waals surface area contributed by atoms with E-state index in [9.17, 15) is 18.0 Å². The fourth-order valence-corrected chi connectivity index (χ4v) is 2.89. The van der Waals surface area contributed by atoms with E-state index in [0.29, 0.717) is 31.6 Å². The molecule has 1 saturated heterocycles. The highest BCUT2D eigenvalue weighted by atomic mass is 19.4. The number of hydrogen-bond donors (Lipinski definition) is 0. The summed E-state index contributed by atoms with van der Waals surface area (Å²) in [5, 5.41) is 0. The number of aromatic nitrogens is 3. The highest BCUT2D eigenvalue weighted by Crippen LogP contribution is 2.35. The van der Waals surface area contributed by atoms with Gasteiger partial charge in [-0.3, -0.25) is 9.78 Å². The van der Waals surface area contributed by atoms with Crippen molar-refractivity contribution in [3.05, 3.63) is 47.7 Å². The zero-order chi connectivity index (χ0) is 19.4. The first-order valence-electron chi connectivity index (χ1n) is 8.57. The smallest absolute Gasteiger partial charge is 0.421 e. The lowest BCUT2D eigenvalue weighted by atomic mass is 9.97. The Kier molecular flexibility index (Phi) is 5.57. The molecule has 2 aromatic heterocycles. The van der Waals surface area contributed by atoms with Crippen LogP contribution in [-0.4, -0.2) is 45.5 Å². The van der Waals surface area contributed by atoms with Crippen LogP contribution in [-0.2, 0) is 6.18 Å². The number of carbonyl (C=O) groups is 1. The number of rotatable bonds is 4. The summed E-state index contributed by atoms with van der Waals surface area (Å²) in [6, 6.07) is 2.18. The average molecular weight is 380 g/mol. The van der Waals surface area contributed by atoms with E-state index in [1.54, 1.807) is 18.0 Å². The van der Waals surface area contributed by atoms with Crippen LogP contribution in [0.3, 0.4) is 0 Å². The summed E-state index contributed by atoms with van der Waals surface area (Å²) in [4.78, 5) is 25.9. The molecule has 0 aromatic carbocycles. The molecule has 0 radical (unpaired) electrons. The zero-order valence-corrected chi connectivity index (χ0v) is 14.7. The summed E-state index contributed by atoms with van der Waals surface area (Å²) in [5.74, 6) is -0.536. The van der Waals surface area contributed by atoms with Gasteiger partial charge in [0.15, 0.2) is 0 Å². The molecule has 0 bridgehead atoms. The summed E-state index contributed by atoms with van der Waals surface area (Å²) >= 11 is 0. The summed E-state index contributed by atoms with van der Waals surface area (Å²) in [6.07, 6.45) is 1.03. The Bertz CT molecular complexity index is 788. The SMILES string of the molecule is Cc1cnc(C(=O)N2CCC(COc3ncccc3C(F)(F)F)CC2)cn1. The normalized spacial score (nSPS) is 15.6. The van der Waals surface area contributed by atoms with Crippen molar-refractivity contribution in [2.45, 2.75) is 25.9 Å². The fourth-order valence-electron chi connectivity index (χ4n) is 2.89. The van der Waals surface area contributed by atoms with E-state index in [1.807, 2.05) is 0 Å². The maximum Gasteiger partial charge on any atom is 0.421 e. The van der Waals surface area contributed by atoms with E-state index in [0.717, 1.165) is 11.8 Å². The van der Waals surface area contributed by atoms with Crippen LogP contribution < -0.4 is 4.74 Å². The van der Waals surface area contributed by atoms with E-state index in [-0.39, 0.29) is 18.4 Å². The minimum atomic E-state index is -4.51. The first kappa shape index (κ1) is 19.1. The number of ether oxygens (including phenoxy) is 1. The molecule has 0 N–H and O–H groups in total. The molecular formula is C18H19F3N4O2. The van der Waals surface area contributed by atoms with Gasteiger partial charge in [0, 0.05) is 25.5 Å². The highest BCUT2D eigenvalue weighted by Gasteiger charge is 2.35. The van der Waals surface area contributed by atoms with Crippen LogP contribution in [0.5, 0.6) is 5.88 Å². The lowest BCUT2D eigenvalue weighted by Gasteiger charge is -2.31. The van der Waals surface area contributed by atoms with E-state index >= 15 is 0 Å². The molecule has 1 aliphatic heterocycles. The monoisotopic (exact) mass is 380 g/mol. The van der Waals surface area contributed by atoms with Gasteiger partial charge in [-0.1, -0.05) is 0 Å². The van der Waals surface area contributed by atoms with E-state index in [1.165, 1.54) is 18.5 Å². The van der Waals surface area contributed by atoms with Gasteiger partial charge in [-0.15, -0.1) is 0 Å². The van der Waals surface area contributed by atoms with Gasteiger partial charge in [0.25, 0.3) is 5.91 Å². The molecule has 27 heavy (non-hydrogen) atoms. The standard InChI is InChI=1S/C18H19F3N4O2/c1-12-9-24-15(10-23-12)17(26)25-7-4-13(5-8-25)11-27-16-14(18(19,20)21)3-2-6-22-16/h2-3,6,9-10,13H,4-5,7-8,11H2,1H3. The van der Waals surface area contributed by atoms with Crippen molar-refractivity contribution in [2.75, 3.05) is 19.7 Å². The molecule has 0 spiro atoms. The molecule has 3 heterocycles. The number of halogens is 3. The maximum atomic E-state index is 13.0. The van der Waals surface area contributed by atoms with Gasteiger partial charge in [0.1, 0.15) is 11.3 Å². The molecule has 3 rings (SSSR count). The van der Waals surface area contributed by atoms with Crippen molar-refractivity contribution in [2.24, 2.45) is 5.92 Å². The molecule has 144 valence electrons. The lowest BCUT2D eigenvalue weighted by molar-refractivity contribution is -0.139. The van der Waals surface area contributed by atoms with Crippen molar-refractivity contribution in [1.29, 1.82) is 0 Å². The molecule has 9 heteroatoms. The van der Waals surface area contributed by atoms with Crippen molar-refractivity contribution < 1.29 is 22.7 Å². The van der Waals surface area contributed by atoms with Crippen molar-refractivity contribution in [1.82, 2.24) is 19.9 Å². The van der Waals surface area contributed by atoms with Crippen LogP contribution in [0.4, 0.5) is 13.2 Å². The zero-order valence-electron chi connectivity index (χ0n) is 14.7. The Morgan fingerprint density at radius 3 is 2.59 bits per heavy atom. The molecule has 0 unspecified atom stereocenters. The molecule has 0 aliphatic carbocycles. The topological polar surface area (TPSA) is 68.2 Å². The third-order valence-electron chi connectivity index (χ3n) is 4.43. The van der Waals surface area contributed by atoms with Crippen molar-refractivity contribution >= 4 is 5.91 Å². The van der Waals surface area contributed by atoms with Gasteiger partial charge >= 0.3 is 6.18 Å². The van der Waals surface area contributed by atoms with Crippen LogP contribution in [0.1, 0.15) is 34.6 Å². The second-order valence-electron chi connectivity index (χ2n) is 6.44. The Balaban J connectivity index is 1.53. The van der Waals surface area contributed by atoms with Crippen LogP contribution in [0.2, 0.25) is 0 Å². The Morgan fingerprint density at radius 2 is 1.96 bits per heavy atom. The summed E-state index contributed by atoms with van der Waals surface area (Å²) in [7, 11) is 0. The summed E-state index contributed by atoms with van der Waals surface area (Å²) in [5.41, 5.74) is 0.143. The first-order chi connectivity index (χ1) is 12.8. The van der Waals surface area contributed by atoms with E-state index in [2.05, 4.69) is 15.0 Å². The molecule has 1 fully saturated rings. The second-order valence-corrected chi connectivity index (χ2v) is 6.44. The van der Waals surface area contributed by atoms with Crippen LogP contribution in [0, 0.1) is 12.8 Å². The third kappa shape index (κ3) is 4.72. The molecular weight excluding hydrogens is 361 g/mol. The lowest BCUT2D eigenvalue weighted by Crippen LogP contribution is -2.40. The van der Waals surface area contributed by atoms with E-state index < -0.39 is 17.6 Å². The number of pyridine rings is 1. The maximum absolute atomic E-state index is 13.0. The number of piperidine rings is 1. The third-order valence-corrected chi connectivity index (χ3v) is 4.43. The number of likely N-dealkylation sites (tertiary alicyclic amines) is 1. The van der Waals surface area contributed by atoms with Gasteiger partial charge in [0.05, 0.1) is 18.5 Å². The second kappa shape index (κ2) is 7.89. The van der Waals surface area contributed by atoms with Crippen LogP contribution in [0.15, 0.2) is 30.7 Å². The van der Waals surface area contributed by atoms with Gasteiger partial charge < -0.3 is 9.64 Å². The minimum Gasteiger partial charge on any atom is -0.477 e. The predicted molar refractivity (Wildman–Crippen MR) is 90.1 cm³/mol. The van der Waals surface area contributed by atoms with Crippen molar-refractivity contribution in [3.63, 3.8) is 0 Å². The first-order valence-corrected chi connectivity index (χ1v) is 8.57. The van der Waals surface area contributed by atoms with Gasteiger partial charge in [-0.25, -0.2) is 9.97 Å². The van der Waals surface area contributed by atoms with Crippen LogP contribution >= 0.6 is 0 Å². The number of hydrogen-bond acceptors (Lipinski definition) is 5. The Morgan fingerprint density at radius 1 is 1.22 bits per heavy atom. The van der Waals surface area contributed by atoms with Crippen LogP contribution in [0.25, 0.3) is 0 Å². The average Bonchev–Trinajstić information content (AvgIpc) is 2.66. The Hall–Kier alpha value is -2.71. The molecule has 2 aromatic rings. The molecule has 1 amide bonds. The number of alkyl halides is 3. The fraction of sp³-hybridized carbons (Fsp3) is 0.444. The van der Waals surface area contributed by atoms with Crippen molar-refractivity contribution in [3.8, 4) is 5.88 Å². The summed E-state index contributed by atoms with van der Waals surface area (Å²) < 4.78 is 44.2. The van der Waals surface area contributed by atoms with Gasteiger partial charge in [-0.05, 0) is 37.8 Å². The van der Waals surface area contributed by atoms with Gasteiger partial charge in [0.2, 0.25) is 5.88 Å². The predicted octanol–water partition coefficient (Wildman–Crippen LogP) is 3.13. The number of nitrogens with zero attached hydrogens (tertiary/aromatic N) is 4. The van der Waals surface area contributed by atoms with E-state index in [4.69, 9.17) is 4.74 Å². The highest BCUT2D eigenvalue weighted by molar-refractivity contribution is 5.92. The quantitative estimate of drug-likeness (QED) is 0.815. The number of aryl methyl sites for hydroxylation is 1. The minimum absolute atomic E-state index is 0.0567. The number of carbonyl (C=O) groups excluding carboxylic acids is 1. The summed E-state index contributed by atoms with van der Waals surface area (Å²) in [6.45, 7) is 2.92. The number of amides is 1. The molecule has 6 nitrogen and oxygen atoms in total. The molecule has 1 aliphatic rings. The largest absolute Gasteiger partial charge is 0.477 e. The Labute approximate surface area is 154 Å².